The molecular weight excluding hydrogens is 330 g/mol. The Bertz CT molecular complexity index is 451. The van der Waals surface area contributed by atoms with Crippen LogP contribution in [0.1, 0.15) is 77.0 Å². The summed E-state index contributed by atoms with van der Waals surface area (Å²) in [5, 5.41) is 6.20. The van der Waals surface area contributed by atoms with Gasteiger partial charge in [-0.1, -0.05) is 38.5 Å². The van der Waals surface area contributed by atoms with Crippen molar-refractivity contribution in [2.24, 2.45) is 0 Å². The summed E-state index contributed by atoms with van der Waals surface area (Å²) in [5.74, 6) is 0.0979. The van der Waals surface area contributed by atoms with Crippen LogP contribution in [0.2, 0.25) is 0 Å². The Morgan fingerprint density at radius 1 is 0.769 bits per heavy atom. The molecule has 26 heavy (non-hydrogen) atoms. The van der Waals surface area contributed by atoms with Crippen LogP contribution in [0.4, 0.5) is 4.79 Å². The summed E-state index contributed by atoms with van der Waals surface area (Å²) in [6.45, 7) is 1.63. The Kier molecular flexibility index (Phi) is 7.59. The molecule has 0 spiro atoms. The molecule has 0 aromatic rings. The van der Waals surface area contributed by atoms with Crippen molar-refractivity contribution in [3.8, 4) is 0 Å². The fourth-order valence-corrected chi connectivity index (χ4v) is 4.44. The van der Waals surface area contributed by atoms with Crippen LogP contribution < -0.4 is 10.6 Å². The molecule has 3 aliphatic rings. The largest absolute Gasteiger partial charge is 0.368 e. The molecule has 0 atom stereocenters. The van der Waals surface area contributed by atoms with E-state index in [2.05, 4.69) is 10.6 Å². The van der Waals surface area contributed by atoms with E-state index in [1.165, 1.54) is 38.5 Å². The number of urea groups is 1. The molecule has 1 saturated heterocycles. The van der Waals surface area contributed by atoms with Crippen molar-refractivity contribution in [1.29, 1.82) is 0 Å². The van der Waals surface area contributed by atoms with Gasteiger partial charge in [0.05, 0.1) is 6.10 Å². The van der Waals surface area contributed by atoms with E-state index < -0.39 is 0 Å². The third-order valence-electron chi connectivity index (χ3n) is 6.12. The van der Waals surface area contributed by atoms with E-state index in [4.69, 9.17) is 4.74 Å². The number of amides is 3. The number of hydrogen-bond acceptors (Lipinski definition) is 3. The number of likely N-dealkylation sites (tertiary alicyclic amines) is 1. The topological polar surface area (TPSA) is 70.7 Å². The minimum absolute atomic E-state index is 0.0395. The summed E-state index contributed by atoms with van der Waals surface area (Å²) in [7, 11) is 0. The van der Waals surface area contributed by atoms with Crippen LogP contribution in [-0.4, -0.2) is 54.7 Å². The van der Waals surface area contributed by atoms with E-state index in [0.29, 0.717) is 19.1 Å². The molecule has 0 aromatic carbocycles. The van der Waals surface area contributed by atoms with E-state index in [0.717, 1.165) is 38.5 Å². The lowest BCUT2D eigenvalue weighted by molar-refractivity contribution is -0.139. The number of ether oxygens (including phenoxy) is 1. The summed E-state index contributed by atoms with van der Waals surface area (Å²) in [5.41, 5.74) is 0. The number of carbonyl (C=O) groups excluding carboxylic acids is 2. The SMILES string of the molecule is O=C(NC1CCCCC1)NC1CCN(C(=O)COC2CCCCC2)CC1. The molecule has 0 unspecified atom stereocenters. The van der Waals surface area contributed by atoms with E-state index in [1.807, 2.05) is 4.90 Å². The maximum Gasteiger partial charge on any atom is 0.315 e. The van der Waals surface area contributed by atoms with Crippen LogP contribution in [0.15, 0.2) is 0 Å². The second-order valence-corrected chi connectivity index (χ2v) is 8.18. The summed E-state index contributed by atoms with van der Waals surface area (Å²) in [6.07, 6.45) is 13.8. The lowest BCUT2D eigenvalue weighted by atomic mass is 9.96. The summed E-state index contributed by atoms with van der Waals surface area (Å²) >= 11 is 0. The molecule has 2 N–H and O–H groups in total. The predicted octanol–water partition coefficient (Wildman–Crippen LogP) is 2.96. The van der Waals surface area contributed by atoms with Crippen molar-refractivity contribution in [2.45, 2.75) is 95.2 Å². The number of piperidine rings is 1. The van der Waals surface area contributed by atoms with Crippen molar-refractivity contribution in [3.05, 3.63) is 0 Å². The van der Waals surface area contributed by atoms with Gasteiger partial charge >= 0.3 is 6.03 Å². The van der Waals surface area contributed by atoms with Gasteiger partial charge in [0.25, 0.3) is 0 Å². The summed E-state index contributed by atoms with van der Waals surface area (Å²) < 4.78 is 5.80. The van der Waals surface area contributed by atoms with Gasteiger partial charge in [-0.3, -0.25) is 4.79 Å². The number of carbonyl (C=O) groups is 2. The Morgan fingerprint density at radius 2 is 1.31 bits per heavy atom. The Morgan fingerprint density at radius 3 is 1.92 bits per heavy atom. The van der Waals surface area contributed by atoms with Gasteiger partial charge in [-0.2, -0.15) is 0 Å². The zero-order valence-electron chi connectivity index (χ0n) is 16.0. The monoisotopic (exact) mass is 365 g/mol. The molecule has 6 nitrogen and oxygen atoms in total. The normalized spacial score (nSPS) is 23.6. The van der Waals surface area contributed by atoms with Crippen molar-refractivity contribution in [2.75, 3.05) is 19.7 Å². The van der Waals surface area contributed by atoms with Crippen LogP contribution in [-0.2, 0) is 9.53 Å². The van der Waals surface area contributed by atoms with Crippen molar-refractivity contribution < 1.29 is 14.3 Å². The number of nitrogens with one attached hydrogen (secondary N) is 2. The highest BCUT2D eigenvalue weighted by Gasteiger charge is 2.25. The van der Waals surface area contributed by atoms with Crippen molar-refractivity contribution >= 4 is 11.9 Å². The first-order valence-corrected chi connectivity index (χ1v) is 10.7. The molecule has 2 aliphatic carbocycles. The molecule has 1 heterocycles. The fraction of sp³-hybridized carbons (Fsp3) is 0.900. The van der Waals surface area contributed by atoms with Gasteiger partial charge in [-0.05, 0) is 38.5 Å². The first-order chi connectivity index (χ1) is 12.7. The molecule has 0 aromatic heterocycles. The summed E-state index contributed by atoms with van der Waals surface area (Å²) in [4.78, 5) is 26.4. The average molecular weight is 366 g/mol. The highest BCUT2D eigenvalue weighted by Crippen LogP contribution is 2.21. The third-order valence-corrected chi connectivity index (χ3v) is 6.12. The highest BCUT2D eigenvalue weighted by atomic mass is 16.5. The first-order valence-electron chi connectivity index (χ1n) is 10.7. The molecule has 148 valence electrons. The van der Waals surface area contributed by atoms with E-state index >= 15 is 0 Å². The van der Waals surface area contributed by atoms with Gasteiger partial charge in [-0.15, -0.1) is 0 Å². The van der Waals surface area contributed by atoms with Crippen LogP contribution in [0.5, 0.6) is 0 Å². The highest BCUT2D eigenvalue weighted by molar-refractivity contribution is 5.77. The van der Waals surface area contributed by atoms with E-state index in [1.54, 1.807) is 0 Å². The molecule has 3 rings (SSSR count). The Hall–Kier alpha value is -1.30. The zero-order chi connectivity index (χ0) is 18.2. The zero-order valence-corrected chi connectivity index (χ0v) is 16.0. The van der Waals surface area contributed by atoms with Crippen LogP contribution in [0, 0.1) is 0 Å². The van der Waals surface area contributed by atoms with Gasteiger partial charge in [-0.25, -0.2) is 4.79 Å². The molecule has 3 amide bonds. The predicted molar refractivity (Wildman–Crippen MR) is 101 cm³/mol. The standard InChI is InChI=1S/C20H35N3O3/c24-19(15-26-18-9-5-2-6-10-18)23-13-11-17(12-14-23)22-20(25)21-16-7-3-1-4-8-16/h16-18H,1-15H2,(H2,21,22,25). The maximum absolute atomic E-state index is 12.3. The lowest BCUT2D eigenvalue weighted by Crippen LogP contribution is -2.51. The maximum atomic E-state index is 12.3. The first kappa shape index (κ1) is 19.5. The molecule has 0 bridgehead atoms. The molecule has 3 fully saturated rings. The molecule has 1 aliphatic heterocycles. The van der Waals surface area contributed by atoms with Gasteiger partial charge in [0, 0.05) is 25.2 Å². The van der Waals surface area contributed by atoms with E-state index in [9.17, 15) is 9.59 Å². The minimum Gasteiger partial charge on any atom is -0.368 e. The number of hydrogen-bond donors (Lipinski definition) is 2. The smallest absolute Gasteiger partial charge is 0.315 e. The second kappa shape index (κ2) is 10.1. The van der Waals surface area contributed by atoms with E-state index in [-0.39, 0.29) is 30.7 Å². The number of rotatable bonds is 5. The van der Waals surface area contributed by atoms with Gasteiger partial charge in [0.2, 0.25) is 5.91 Å². The van der Waals surface area contributed by atoms with Gasteiger partial charge < -0.3 is 20.3 Å². The average Bonchev–Trinajstić information content (AvgIpc) is 2.68. The van der Waals surface area contributed by atoms with Gasteiger partial charge in [0.15, 0.2) is 0 Å². The Balaban J connectivity index is 1.30. The third kappa shape index (κ3) is 6.15. The molecule has 0 radical (unpaired) electrons. The van der Waals surface area contributed by atoms with Gasteiger partial charge in [0.1, 0.15) is 6.61 Å². The molecule has 6 heteroatoms. The number of nitrogens with zero attached hydrogens (tertiary/aromatic N) is 1. The van der Waals surface area contributed by atoms with Crippen LogP contribution in [0.3, 0.4) is 0 Å². The van der Waals surface area contributed by atoms with Crippen LogP contribution >= 0.6 is 0 Å². The molecular formula is C20H35N3O3. The van der Waals surface area contributed by atoms with Crippen molar-refractivity contribution in [3.63, 3.8) is 0 Å². The summed E-state index contributed by atoms with van der Waals surface area (Å²) in [6, 6.07) is 0.464. The Labute approximate surface area is 157 Å². The molecule has 2 saturated carbocycles. The van der Waals surface area contributed by atoms with Crippen molar-refractivity contribution in [1.82, 2.24) is 15.5 Å². The quantitative estimate of drug-likeness (QED) is 0.787. The second-order valence-electron chi connectivity index (χ2n) is 8.18. The lowest BCUT2D eigenvalue weighted by Gasteiger charge is -2.33. The minimum atomic E-state index is -0.0395. The fourth-order valence-electron chi connectivity index (χ4n) is 4.44. The van der Waals surface area contributed by atoms with Crippen LogP contribution in [0.25, 0.3) is 0 Å².